The number of nitrogens with one attached hydrogen (secondary N) is 1. The molecule has 0 unspecified atom stereocenters. The normalized spacial score (nSPS) is 19.3. The van der Waals surface area contributed by atoms with E-state index in [1.807, 2.05) is 19.1 Å². The van der Waals surface area contributed by atoms with Gasteiger partial charge in [0.25, 0.3) is 0 Å². The Morgan fingerprint density at radius 3 is 2.97 bits per heavy atom. The van der Waals surface area contributed by atoms with Crippen LogP contribution in [0.5, 0.6) is 5.88 Å². The molecule has 0 aliphatic heterocycles. The van der Waals surface area contributed by atoms with Crippen LogP contribution in [0.25, 0.3) is 11.5 Å². The van der Waals surface area contributed by atoms with Crippen molar-refractivity contribution in [1.82, 2.24) is 9.97 Å². The predicted octanol–water partition coefficient (Wildman–Crippen LogP) is 5.12. The molecule has 0 radical (unpaired) electrons. The van der Waals surface area contributed by atoms with E-state index in [4.69, 9.17) is 9.15 Å². The standard InChI is InChI=1S/C23H28N2O4S/c1-14-5-3-7-17(11-14)22-24-19(15(2)29-22)13-28-18-8-4-6-16(12-18)9-10-20-21(26)25-23(27)30-20/h3,5,7,11,16,18,26H,4,6,8-10,12-13H2,1-2H3,(H,25,27)/t16-,18-/m1/s1. The highest BCUT2D eigenvalue weighted by Gasteiger charge is 2.24. The molecule has 1 aliphatic rings. The summed E-state index contributed by atoms with van der Waals surface area (Å²) in [6, 6.07) is 8.14. The van der Waals surface area contributed by atoms with Crippen LogP contribution in [-0.2, 0) is 17.8 Å². The van der Waals surface area contributed by atoms with Crippen molar-refractivity contribution in [2.75, 3.05) is 0 Å². The van der Waals surface area contributed by atoms with Gasteiger partial charge in [0.15, 0.2) is 0 Å². The van der Waals surface area contributed by atoms with Crippen molar-refractivity contribution < 1.29 is 14.3 Å². The van der Waals surface area contributed by atoms with Gasteiger partial charge in [-0.25, -0.2) is 4.98 Å². The van der Waals surface area contributed by atoms with Crippen molar-refractivity contribution >= 4 is 11.3 Å². The van der Waals surface area contributed by atoms with E-state index < -0.39 is 0 Å². The summed E-state index contributed by atoms with van der Waals surface area (Å²) in [7, 11) is 0. The quantitative estimate of drug-likeness (QED) is 0.545. The summed E-state index contributed by atoms with van der Waals surface area (Å²) < 4.78 is 12.1. The second kappa shape index (κ2) is 9.18. The average molecular weight is 429 g/mol. The van der Waals surface area contributed by atoms with Crippen LogP contribution in [0.2, 0.25) is 0 Å². The molecule has 30 heavy (non-hydrogen) atoms. The van der Waals surface area contributed by atoms with E-state index in [1.54, 1.807) is 0 Å². The van der Waals surface area contributed by atoms with Crippen molar-refractivity contribution in [3.8, 4) is 17.3 Å². The first kappa shape index (κ1) is 20.9. The maximum atomic E-state index is 11.3. The number of thiazole rings is 1. The van der Waals surface area contributed by atoms with E-state index in [9.17, 15) is 9.90 Å². The largest absolute Gasteiger partial charge is 0.494 e. The fourth-order valence-electron chi connectivity index (χ4n) is 4.17. The Labute approximate surface area is 179 Å². The predicted molar refractivity (Wildman–Crippen MR) is 117 cm³/mol. The summed E-state index contributed by atoms with van der Waals surface area (Å²) in [6.45, 7) is 4.45. The molecule has 1 aliphatic carbocycles. The van der Waals surface area contributed by atoms with Gasteiger partial charge in [-0.2, -0.15) is 0 Å². The number of H-pyrrole nitrogens is 1. The molecule has 160 valence electrons. The van der Waals surface area contributed by atoms with Crippen LogP contribution in [0, 0.1) is 19.8 Å². The van der Waals surface area contributed by atoms with Crippen LogP contribution in [0.15, 0.2) is 33.5 Å². The number of ether oxygens (including phenoxy) is 1. The lowest BCUT2D eigenvalue weighted by Gasteiger charge is -2.29. The van der Waals surface area contributed by atoms with E-state index in [0.717, 1.165) is 65.3 Å². The molecule has 1 saturated carbocycles. The van der Waals surface area contributed by atoms with Gasteiger partial charge in [0.05, 0.1) is 17.6 Å². The van der Waals surface area contributed by atoms with E-state index in [0.29, 0.717) is 18.4 Å². The number of oxazole rings is 1. The van der Waals surface area contributed by atoms with Gasteiger partial charge >= 0.3 is 4.87 Å². The molecule has 2 atom stereocenters. The molecule has 2 aromatic heterocycles. The van der Waals surface area contributed by atoms with E-state index in [2.05, 4.69) is 29.0 Å². The van der Waals surface area contributed by atoms with E-state index in [-0.39, 0.29) is 16.9 Å². The smallest absolute Gasteiger partial charge is 0.307 e. The first-order chi connectivity index (χ1) is 14.5. The molecule has 0 bridgehead atoms. The minimum absolute atomic E-state index is 0.0273. The molecular weight excluding hydrogens is 400 g/mol. The summed E-state index contributed by atoms with van der Waals surface area (Å²) in [5, 5.41) is 9.76. The van der Waals surface area contributed by atoms with Crippen molar-refractivity contribution in [3.63, 3.8) is 0 Å². The van der Waals surface area contributed by atoms with Gasteiger partial charge in [-0.15, -0.1) is 0 Å². The Hall–Kier alpha value is -2.38. The first-order valence-electron chi connectivity index (χ1n) is 10.5. The molecule has 1 fully saturated rings. The number of aromatic amines is 1. The third-order valence-electron chi connectivity index (χ3n) is 5.83. The SMILES string of the molecule is Cc1cccc(-c2nc(CO[C@@H]3CCC[C@H](CCc4sc(=O)[nH]c4O)C3)c(C)o2)c1. The molecule has 0 saturated heterocycles. The van der Waals surface area contributed by atoms with Gasteiger partial charge in [-0.3, -0.25) is 9.78 Å². The Balaban J connectivity index is 1.31. The number of nitrogens with zero attached hydrogens (tertiary/aromatic N) is 1. The van der Waals surface area contributed by atoms with Crippen molar-refractivity contribution in [2.24, 2.45) is 5.92 Å². The van der Waals surface area contributed by atoms with Crippen LogP contribution in [-0.4, -0.2) is 21.2 Å². The topological polar surface area (TPSA) is 88.3 Å². The molecule has 2 N–H and O–H groups in total. The first-order valence-corrected chi connectivity index (χ1v) is 11.4. The summed E-state index contributed by atoms with van der Waals surface area (Å²) in [4.78, 5) is 19.0. The Morgan fingerprint density at radius 2 is 2.20 bits per heavy atom. The van der Waals surface area contributed by atoms with Gasteiger partial charge in [-0.1, -0.05) is 41.9 Å². The Morgan fingerprint density at radius 1 is 1.33 bits per heavy atom. The third kappa shape index (κ3) is 5.02. The minimum atomic E-state index is -0.194. The number of benzene rings is 1. The fourth-order valence-corrected chi connectivity index (χ4v) is 4.91. The maximum Gasteiger partial charge on any atom is 0.307 e. The summed E-state index contributed by atoms with van der Waals surface area (Å²) in [6.07, 6.45) is 6.26. The second-order valence-corrected chi connectivity index (χ2v) is 9.25. The zero-order valence-corrected chi connectivity index (χ0v) is 18.3. The summed E-state index contributed by atoms with van der Waals surface area (Å²) in [5.74, 6) is 2.01. The lowest BCUT2D eigenvalue weighted by atomic mass is 9.84. The van der Waals surface area contributed by atoms with Gasteiger partial charge in [0, 0.05) is 5.56 Å². The van der Waals surface area contributed by atoms with Crippen molar-refractivity contribution in [1.29, 1.82) is 0 Å². The molecule has 0 spiro atoms. The number of rotatable bonds is 7. The number of hydrogen-bond acceptors (Lipinski definition) is 6. The average Bonchev–Trinajstić information content (AvgIpc) is 3.26. The zero-order valence-electron chi connectivity index (χ0n) is 17.4. The van der Waals surface area contributed by atoms with Gasteiger partial charge in [-0.05, 0) is 57.6 Å². The monoisotopic (exact) mass is 428 g/mol. The van der Waals surface area contributed by atoms with Crippen LogP contribution in [0.3, 0.4) is 0 Å². The Bertz CT molecular complexity index is 1050. The lowest BCUT2D eigenvalue weighted by Crippen LogP contribution is -2.23. The second-order valence-electron chi connectivity index (χ2n) is 8.18. The van der Waals surface area contributed by atoms with E-state index >= 15 is 0 Å². The van der Waals surface area contributed by atoms with Gasteiger partial charge < -0.3 is 14.3 Å². The highest BCUT2D eigenvalue weighted by Crippen LogP contribution is 2.32. The van der Waals surface area contributed by atoms with Crippen LogP contribution >= 0.6 is 11.3 Å². The summed E-state index contributed by atoms with van der Waals surface area (Å²) in [5.41, 5.74) is 3.02. The molecule has 3 aromatic rings. The molecular formula is C23H28N2O4S. The van der Waals surface area contributed by atoms with Crippen LogP contribution in [0.1, 0.15) is 54.0 Å². The number of aryl methyl sites for hydroxylation is 3. The van der Waals surface area contributed by atoms with Gasteiger partial charge in [0.2, 0.25) is 11.8 Å². The molecule has 6 nitrogen and oxygen atoms in total. The van der Waals surface area contributed by atoms with E-state index in [1.165, 1.54) is 12.0 Å². The molecule has 0 amide bonds. The highest BCUT2D eigenvalue weighted by molar-refractivity contribution is 7.09. The van der Waals surface area contributed by atoms with Crippen LogP contribution < -0.4 is 4.87 Å². The molecule has 1 aromatic carbocycles. The number of hydrogen-bond donors (Lipinski definition) is 2. The maximum absolute atomic E-state index is 11.3. The molecule has 7 heteroatoms. The lowest BCUT2D eigenvalue weighted by molar-refractivity contribution is -0.000494. The number of aromatic hydroxyl groups is 1. The minimum Gasteiger partial charge on any atom is -0.494 e. The zero-order chi connectivity index (χ0) is 21.1. The number of aromatic nitrogens is 2. The molecule has 2 heterocycles. The van der Waals surface area contributed by atoms with Crippen molar-refractivity contribution in [2.45, 2.75) is 65.1 Å². The highest BCUT2D eigenvalue weighted by atomic mass is 32.1. The summed E-state index contributed by atoms with van der Waals surface area (Å²) >= 11 is 1.10. The van der Waals surface area contributed by atoms with Crippen LogP contribution in [0.4, 0.5) is 0 Å². The Kier molecular flexibility index (Phi) is 6.39. The van der Waals surface area contributed by atoms with Crippen molar-refractivity contribution in [3.05, 3.63) is 55.8 Å². The van der Waals surface area contributed by atoms with Gasteiger partial charge in [0.1, 0.15) is 11.5 Å². The molecule has 4 rings (SSSR count). The fraction of sp³-hybridized carbons (Fsp3) is 0.478. The third-order valence-corrected chi connectivity index (χ3v) is 6.76.